The Morgan fingerprint density at radius 2 is 2.07 bits per heavy atom. The molecule has 2 aromatic rings. The normalized spacial score (nSPS) is 10.3. The molecular formula is C10H9FN4. The highest BCUT2D eigenvalue weighted by Gasteiger charge is 2.06. The Kier molecular flexibility index (Phi) is 2.29. The number of nitrogens with zero attached hydrogens (tertiary/aromatic N) is 3. The van der Waals surface area contributed by atoms with Gasteiger partial charge in [0.1, 0.15) is 5.82 Å². The molecule has 0 bridgehead atoms. The number of halogens is 1. The standard InChI is InChI=1S/C10H9FN4/c1-6-9(13-10(12)15-14-6)7-3-2-4-8(11)5-7/h2-5H,1H3,(H2,12,13,15). The van der Waals surface area contributed by atoms with E-state index in [1.807, 2.05) is 0 Å². The molecule has 76 valence electrons. The number of hydrogen-bond donors (Lipinski definition) is 1. The molecule has 0 atom stereocenters. The highest BCUT2D eigenvalue weighted by Crippen LogP contribution is 2.20. The van der Waals surface area contributed by atoms with Crippen LogP contribution in [0.2, 0.25) is 0 Å². The number of aryl methyl sites for hydroxylation is 1. The summed E-state index contributed by atoms with van der Waals surface area (Å²) in [5.74, 6) is -0.232. The highest BCUT2D eigenvalue weighted by atomic mass is 19.1. The molecule has 15 heavy (non-hydrogen) atoms. The molecular weight excluding hydrogens is 195 g/mol. The Hall–Kier alpha value is -2.04. The van der Waals surface area contributed by atoms with Crippen LogP contribution in [0.3, 0.4) is 0 Å². The summed E-state index contributed by atoms with van der Waals surface area (Å²) in [6, 6.07) is 6.12. The molecule has 1 aromatic heterocycles. The molecule has 2 rings (SSSR count). The molecule has 5 heteroatoms. The molecule has 1 aromatic carbocycles. The molecule has 0 saturated heterocycles. The van der Waals surface area contributed by atoms with Gasteiger partial charge >= 0.3 is 0 Å². The van der Waals surface area contributed by atoms with Gasteiger partial charge in [0, 0.05) is 5.56 Å². The van der Waals surface area contributed by atoms with E-state index in [2.05, 4.69) is 15.2 Å². The van der Waals surface area contributed by atoms with E-state index in [0.717, 1.165) is 0 Å². The number of hydrogen-bond acceptors (Lipinski definition) is 4. The van der Waals surface area contributed by atoms with Gasteiger partial charge in [0.05, 0.1) is 11.4 Å². The van der Waals surface area contributed by atoms with E-state index >= 15 is 0 Å². The van der Waals surface area contributed by atoms with Gasteiger partial charge < -0.3 is 5.73 Å². The fourth-order valence-corrected chi connectivity index (χ4v) is 1.30. The second-order valence-electron chi connectivity index (χ2n) is 3.11. The second kappa shape index (κ2) is 3.61. The predicted molar refractivity (Wildman–Crippen MR) is 54.4 cm³/mol. The van der Waals surface area contributed by atoms with E-state index in [1.165, 1.54) is 12.1 Å². The molecule has 0 radical (unpaired) electrons. The van der Waals surface area contributed by atoms with Crippen molar-refractivity contribution in [2.75, 3.05) is 5.73 Å². The van der Waals surface area contributed by atoms with Crippen LogP contribution in [0.5, 0.6) is 0 Å². The zero-order chi connectivity index (χ0) is 10.8. The van der Waals surface area contributed by atoms with Gasteiger partial charge in [-0.25, -0.2) is 9.37 Å². The summed E-state index contributed by atoms with van der Waals surface area (Å²) in [5.41, 5.74) is 7.25. The summed E-state index contributed by atoms with van der Waals surface area (Å²) in [6.45, 7) is 1.75. The maximum Gasteiger partial charge on any atom is 0.240 e. The first-order chi connectivity index (χ1) is 7.16. The van der Waals surface area contributed by atoms with Gasteiger partial charge in [-0.1, -0.05) is 12.1 Å². The lowest BCUT2D eigenvalue weighted by Crippen LogP contribution is -2.01. The minimum absolute atomic E-state index is 0.0832. The largest absolute Gasteiger partial charge is 0.366 e. The third kappa shape index (κ3) is 1.90. The Morgan fingerprint density at radius 3 is 2.80 bits per heavy atom. The summed E-state index contributed by atoms with van der Waals surface area (Å²) >= 11 is 0. The smallest absolute Gasteiger partial charge is 0.240 e. The summed E-state index contributed by atoms with van der Waals surface area (Å²) in [4.78, 5) is 4.02. The van der Waals surface area contributed by atoms with E-state index in [9.17, 15) is 4.39 Å². The fourth-order valence-electron chi connectivity index (χ4n) is 1.30. The molecule has 0 saturated carbocycles. The van der Waals surface area contributed by atoms with Crippen LogP contribution in [0.1, 0.15) is 5.69 Å². The van der Waals surface area contributed by atoms with Crippen molar-refractivity contribution in [1.82, 2.24) is 15.2 Å². The Labute approximate surface area is 86.0 Å². The molecule has 4 nitrogen and oxygen atoms in total. The van der Waals surface area contributed by atoms with Crippen molar-refractivity contribution in [2.24, 2.45) is 0 Å². The minimum atomic E-state index is -0.316. The number of nitrogen functional groups attached to an aromatic ring is 1. The quantitative estimate of drug-likeness (QED) is 0.765. The predicted octanol–water partition coefficient (Wildman–Crippen LogP) is 1.57. The lowest BCUT2D eigenvalue weighted by molar-refractivity contribution is 0.628. The van der Waals surface area contributed by atoms with Gasteiger partial charge in [0.25, 0.3) is 0 Å². The summed E-state index contributed by atoms with van der Waals surface area (Å²) in [5, 5.41) is 7.43. The van der Waals surface area contributed by atoms with Crippen LogP contribution >= 0.6 is 0 Å². The minimum Gasteiger partial charge on any atom is -0.366 e. The number of anilines is 1. The van der Waals surface area contributed by atoms with Gasteiger partial charge in [-0.2, -0.15) is 0 Å². The molecule has 0 aliphatic carbocycles. The first kappa shape index (κ1) is 9.51. The van der Waals surface area contributed by atoms with Crippen molar-refractivity contribution in [1.29, 1.82) is 0 Å². The Balaban J connectivity index is 2.58. The van der Waals surface area contributed by atoms with Gasteiger partial charge in [0.15, 0.2) is 0 Å². The summed E-state index contributed by atoms with van der Waals surface area (Å²) in [7, 11) is 0. The number of rotatable bonds is 1. The average Bonchev–Trinajstić information content (AvgIpc) is 2.22. The van der Waals surface area contributed by atoms with E-state index in [0.29, 0.717) is 17.0 Å². The van der Waals surface area contributed by atoms with Crippen LogP contribution in [-0.2, 0) is 0 Å². The topological polar surface area (TPSA) is 64.7 Å². The molecule has 1 heterocycles. The zero-order valence-corrected chi connectivity index (χ0v) is 8.11. The van der Waals surface area contributed by atoms with Gasteiger partial charge in [0.2, 0.25) is 5.95 Å². The molecule has 2 N–H and O–H groups in total. The van der Waals surface area contributed by atoms with E-state index < -0.39 is 0 Å². The van der Waals surface area contributed by atoms with Crippen molar-refractivity contribution >= 4 is 5.95 Å². The second-order valence-corrected chi connectivity index (χ2v) is 3.11. The van der Waals surface area contributed by atoms with Crippen LogP contribution in [0.15, 0.2) is 24.3 Å². The molecule has 0 amide bonds. The average molecular weight is 204 g/mol. The third-order valence-electron chi connectivity index (χ3n) is 1.97. The van der Waals surface area contributed by atoms with Crippen molar-refractivity contribution in [3.05, 3.63) is 35.8 Å². The molecule has 0 aliphatic rings. The van der Waals surface area contributed by atoms with Crippen molar-refractivity contribution < 1.29 is 4.39 Å². The fraction of sp³-hybridized carbons (Fsp3) is 0.100. The van der Waals surface area contributed by atoms with Crippen LogP contribution in [-0.4, -0.2) is 15.2 Å². The van der Waals surface area contributed by atoms with Crippen LogP contribution in [0.25, 0.3) is 11.3 Å². The van der Waals surface area contributed by atoms with Gasteiger partial charge in [-0.15, -0.1) is 10.2 Å². The van der Waals surface area contributed by atoms with E-state index in [-0.39, 0.29) is 11.8 Å². The van der Waals surface area contributed by atoms with Crippen LogP contribution in [0, 0.1) is 12.7 Å². The van der Waals surface area contributed by atoms with E-state index in [4.69, 9.17) is 5.73 Å². The lowest BCUT2D eigenvalue weighted by atomic mass is 10.1. The van der Waals surface area contributed by atoms with Crippen molar-refractivity contribution in [3.8, 4) is 11.3 Å². The molecule has 0 aliphatic heterocycles. The van der Waals surface area contributed by atoms with Crippen molar-refractivity contribution in [3.63, 3.8) is 0 Å². The monoisotopic (exact) mass is 204 g/mol. The SMILES string of the molecule is Cc1nnc(N)nc1-c1cccc(F)c1. The Morgan fingerprint density at radius 1 is 1.27 bits per heavy atom. The summed E-state index contributed by atoms with van der Waals surface area (Å²) < 4.78 is 13.0. The first-order valence-corrected chi connectivity index (χ1v) is 4.39. The van der Waals surface area contributed by atoms with Crippen LogP contribution < -0.4 is 5.73 Å². The van der Waals surface area contributed by atoms with E-state index in [1.54, 1.807) is 19.1 Å². The third-order valence-corrected chi connectivity index (χ3v) is 1.97. The van der Waals surface area contributed by atoms with Crippen molar-refractivity contribution in [2.45, 2.75) is 6.92 Å². The summed E-state index contributed by atoms with van der Waals surface area (Å²) in [6.07, 6.45) is 0. The molecule has 0 fully saturated rings. The Bertz CT molecular complexity index is 499. The number of aromatic nitrogens is 3. The highest BCUT2D eigenvalue weighted by molar-refractivity contribution is 5.61. The van der Waals surface area contributed by atoms with Gasteiger partial charge in [-0.05, 0) is 19.1 Å². The maximum atomic E-state index is 13.0. The first-order valence-electron chi connectivity index (χ1n) is 4.39. The zero-order valence-electron chi connectivity index (χ0n) is 8.11. The number of nitrogens with two attached hydrogens (primary N) is 1. The lowest BCUT2D eigenvalue weighted by Gasteiger charge is -2.03. The molecule has 0 unspecified atom stereocenters. The number of benzene rings is 1. The van der Waals surface area contributed by atoms with Crippen LogP contribution in [0.4, 0.5) is 10.3 Å². The maximum absolute atomic E-state index is 13.0. The molecule has 0 spiro atoms. The van der Waals surface area contributed by atoms with Gasteiger partial charge in [-0.3, -0.25) is 0 Å².